The van der Waals surface area contributed by atoms with Crippen LogP contribution in [0.25, 0.3) is 0 Å². The molecular weight excluding hydrogens is 264 g/mol. The molecule has 1 fully saturated rings. The molecule has 1 saturated heterocycles. The first-order chi connectivity index (χ1) is 9.83. The lowest BCUT2D eigenvalue weighted by molar-refractivity contribution is -0.154. The first-order valence-corrected chi connectivity index (χ1v) is 8.45. The lowest BCUT2D eigenvalue weighted by Crippen LogP contribution is -2.66. The Hall–Kier alpha value is -1.06. The fourth-order valence-corrected chi connectivity index (χ4v) is 3.12. The van der Waals surface area contributed by atoms with Crippen molar-refractivity contribution < 1.29 is 9.59 Å². The second-order valence-electron chi connectivity index (χ2n) is 6.90. The number of amides is 2. The molecule has 1 aliphatic heterocycles. The van der Waals surface area contributed by atoms with E-state index in [1.807, 2.05) is 11.8 Å². The van der Waals surface area contributed by atoms with Gasteiger partial charge in [0.1, 0.15) is 12.1 Å². The first kappa shape index (κ1) is 18.0. The van der Waals surface area contributed by atoms with Crippen LogP contribution in [0.15, 0.2) is 0 Å². The summed E-state index contributed by atoms with van der Waals surface area (Å²) in [5.41, 5.74) is 0. The van der Waals surface area contributed by atoms with Crippen LogP contribution in [0.4, 0.5) is 0 Å². The van der Waals surface area contributed by atoms with Gasteiger partial charge in [-0.1, -0.05) is 47.5 Å². The van der Waals surface area contributed by atoms with Crippen molar-refractivity contribution in [3.63, 3.8) is 0 Å². The van der Waals surface area contributed by atoms with Crippen molar-refractivity contribution in [2.24, 2.45) is 11.8 Å². The maximum atomic E-state index is 12.9. The van der Waals surface area contributed by atoms with Crippen molar-refractivity contribution in [1.82, 2.24) is 10.2 Å². The quantitative estimate of drug-likeness (QED) is 0.785. The normalized spacial score (nSPS) is 26.0. The second-order valence-corrected chi connectivity index (χ2v) is 6.90. The summed E-state index contributed by atoms with van der Waals surface area (Å²) < 4.78 is 0. The zero-order chi connectivity index (χ0) is 16.2. The van der Waals surface area contributed by atoms with Gasteiger partial charge in [0.15, 0.2) is 0 Å². The van der Waals surface area contributed by atoms with Gasteiger partial charge in [-0.25, -0.2) is 0 Å². The van der Waals surface area contributed by atoms with E-state index in [-0.39, 0.29) is 35.9 Å². The summed E-state index contributed by atoms with van der Waals surface area (Å²) in [5, 5.41) is 2.97. The van der Waals surface area contributed by atoms with Crippen LogP contribution in [-0.4, -0.2) is 34.8 Å². The van der Waals surface area contributed by atoms with Crippen molar-refractivity contribution in [2.45, 2.75) is 85.4 Å². The molecule has 4 nitrogen and oxygen atoms in total. The highest BCUT2D eigenvalue weighted by molar-refractivity contribution is 5.97. The molecule has 122 valence electrons. The average molecular weight is 296 g/mol. The third-order valence-electron chi connectivity index (χ3n) is 4.55. The molecular formula is C17H32N2O2. The number of carbonyl (C=O) groups excluding carboxylic acids is 2. The van der Waals surface area contributed by atoms with Crippen molar-refractivity contribution in [3.05, 3.63) is 0 Å². The number of carbonyl (C=O) groups is 2. The highest BCUT2D eigenvalue weighted by Crippen LogP contribution is 2.25. The number of piperazine rings is 1. The van der Waals surface area contributed by atoms with Gasteiger partial charge in [-0.05, 0) is 31.6 Å². The van der Waals surface area contributed by atoms with Gasteiger partial charge in [-0.2, -0.15) is 0 Å². The van der Waals surface area contributed by atoms with Gasteiger partial charge in [-0.3, -0.25) is 9.59 Å². The van der Waals surface area contributed by atoms with Gasteiger partial charge in [0, 0.05) is 6.04 Å². The fraction of sp³-hybridized carbons (Fsp3) is 0.882. The molecule has 1 aliphatic rings. The van der Waals surface area contributed by atoms with Crippen LogP contribution in [0.2, 0.25) is 0 Å². The van der Waals surface area contributed by atoms with Gasteiger partial charge < -0.3 is 10.2 Å². The zero-order valence-corrected chi connectivity index (χ0v) is 14.5. The Labute approximate surface area is 129 Å². The SMILES string of the molecule is CCCC(C)N1C(=O)C(C(C)CC)NC(=O)C1CC(C)C. The standard InChI is InChI=1S/C17H32N2O2/c1-7-9-13(6)19-14(10-11(3)4)16(20)18-15(17(19)21)12(5)8-2/h11-15H,7-10H2,1-6H3,(H,18,20). The van der Waals surface area contributed by atoms with E-state index < -0.39 is 0 Å². The Morgan fingerprint density at radius 3 is 2.24 bits per heavy atom. The van der Waals surface area contributed by atoms with Crippen LogP contribution in [-0.2, 0) is 9.59 Å². The first-order valence-electron chi connectivity index (χ1n) is 8.45. The number of hydrogen-bond donors (Lipinski definition) is 1. The molecule has 0 aromatic carbocycles. The Morgan fingerprint density at radius 2 is 1.76 bits per heavy atom. The largest absolute Gasteiger partial charge is 0.342 e. The number of nitrogens with zero attached hydrogens (tertiary/aromatic N) is 1. The predicted octanol–water partition coefficient (Wildman–Crippen LogP) is 2.96. The van der Waals surface area contributed by atoms with Gasteiger partial charge in [-0.15, -0.1) is 0 Å². The minimum absolute atomic E-state index is 0.0246. The lowest BCUT2D eigenvalue weighted by atomic mass is 9.90. The molecule has 0 saturated carbocycles. The van der Waals surface area contributed by atoms with E-state index >= 15 is 0 Å². The number of hydrogen-bond acceptors (Lipinski definition) is 2. The third kappa shape index (κ3) is 4.21. The maximum Gasteiger partial charge on any atom is 0.246 e. The van der Waals surface area contributed by atoms with Crippen molar-refractivity contribution in [1.29, 1.82) is 0 Å². The smallest absolute Gasteiger partial charge is 0.246 e. The highest BCUT2D eigenvalue weighted by Gasteiger charge is 2.43. The Bertz CT molecular complexity index is 368. The van der Waals surface area contributed by atoms with Crippen molar-refractivity contribution in [3.8, 4) is 0 Å². The molecule has 0 aliphatic carbocycles. The highest BCUT2D eigenvalue weighted by atomic mass is 16.2. The molecule has 0 aromatic rings. The fourth-order valence-electron chi connectivity index (χ4n) is 3.12. The molecule has 1 rings (SSSR count). The number of nitrogens with one attached hydrogen (secondary N) is 1. The van der Waals surface area contributed by atoms with E-state index in [0.717, 1.165) is 25.7 Å². The summed E-state index contributed by atoms with van der Waals surface area (Å²) in [6.07, 6.45) is 3.59. The van der Waals surface area contributed by atoms with E-state index in [0.29, 0.717) is 5.92 Å². The second kappa shape index (κ2) is 7.81. The Balaban J connectivity index is 3.04. The molecule has 0 spiro atoms. The van der Waals surface area contributed by atoms with Crippen LogP contribution in [0.5, 0.6) is 0 Å². The summed E-state index contributed by atoms with van der Waals surface area (Å²) >= 11 is 0. The van der Waals surface area contributed by atoms with E-state index in [4.69, 9.17) is 0 Å². The average Bonchev–Trinajstić information content (AvgIpc) is 2.41. The van der Waals surface area contributed by atoms with Crippen LogP contribution in [0.1, 0.15) is 67.2 Å². The van der Waals surface area contributed by atoms with Crippen LogP contribution < -0.4 is 5.32 Å². The van der Waals surface area contributed by atoms with E-state index in [2.05, 4.69) is 39.9 Å². The molecule has 0 aromatic heterocycles. The van der Waals surface area contributed by atoms with Crippen molar-refractivity contribution in [2.75, 3.05) is 0 Å². The molecule has 4 unspecified atom stereocenters. The third-order valence-corrected chi connectivity index (χ3v) is 4.55. The predicted molar refractivity (Wildman–Crippen MR) is 85.8 cm³/mol. The number of rotatable bonds is 7. The summed E-state index contributed by atoms with van der Waals surface area (Å²) in [7, 11) is 0. The zero-order valence-electron chi connectivity index (χ0n) is 14.5. The van der Waals surface area contributed by atoms with Crippen molar-refractivity contribution >= 4 is 11.8 Å². The van der Waals surface area contributed by atoms with Gasteiger partial charge in [0.2, 0.25) is 11.8 Å². The van der Waals surface area contributed by atoms with E-state index in [1.54, 1.807) is 0 Å². The topological polar surface area (TPSA) is 49.4 Å². The Kier molecular flexibility index (Phi) is 6.69. The van der Waals surface area contributed by atoms with Gasteiger partial charge in [0.25, 0.3) is 0 Å². The van der Waals surface area contributed by atoms with Crippen LogP contribution in [0, 0.1) is 11.8 Å². The van der Waals surface area contributed by atoms with E-state index in [9.17, 15) is 9.59 Å². The summed E-state index contributed by atoms with van der Waals surface area (Å²) in [6, 6.07) is -0.534. The molecule has 1 N–H and O–H groups in total. The molecule has 4 atom stereocenters. The Morgan fingerprint density at radius 1 is 1.14 bits per heavy atom. The molecule has 4 heteroatoms. The molecule has 1 heterocycles. The summed E-state index contributed by atoms with van der Waals surface area (Å²) in [4.78, 5) is 27.3. The van der Waals surface area contributed by atoms with Gasteiger partial charge in [0.05, 0.1) is 0 Å². The summed E-state index contributed by atoms with van der Waals surface area (Å²) in [6.45, 7) is 12.5. The molecule has 0 radical (unpaired) electrons. The van der Waals surface area contributed by atoms with Crippen LogP contribution in [0.3, 0.4) is 0 Å². The monoisotopic (exact) mass is 296 g/mol. The van der Waals surface area contributed by atoms with Crippen LogP contribution >= 0.6 is 0 Å². The van der Waals surface area contributed by atoms with E-state index in [1.165, 1.54) is 0 Å². The summed E-state index contributed by atoms with van der Waals surface area (Å²) in [5.74, 6) is 0.704. The van der Waals surface area contributed by atoms with Gasteiger partial charge >= 0.3 is 0 Å². The molecule has 21 heavy (non-hydrogen) atoms. The molecule has 0 bridgehead atoms. The minimum Gasteiger partial charge on any atom is -0.342 e. The minimum atomic E-state index is -0.356. The lowest BCUT2D eigenvalue weighted by Gasteiger charge is -2.44. The molecule has 2 amide bonds. The maximum absolute atomic E-state index is 12.9.